The summed E-state index contributed by atoms with van der Waals surface area (Å²) in [6, 6.07) is 0. The highest BCUT2D eigenvalue weighted by molar-refractivity contribution is 7.86. The van der Waals surface area contributed by atoms with Gasteiger partial charge in [-0.1, -0.05) is 15.5 Å². The van der Waals surface area contributed by atoms with Crippen LogP contribution in [0.15, 0.2) is 5.03 Å². The summed E-state index contributed by atoms with van der Waals surface area (Å²) >= 11 is 16.2. The molecule has 4 nitrogen and oxygen atoms in total. The second-order valence-electron chi connectivity index (χ2n) is 2.14. The second kappa shape index (κ2) is 4.14. The number of nitrogens with zero attached hydrogens (tertiary/aromatic N) is 2. The highest BCUT2D eigenvalue weighted by Crippen LogP contribution is 2.25. The fourth-order valence-electron chi connectivity index (χ4n) is 0.727. The van der Waals surface area contributed by atoms with Crippen molar-refractivity contribution in [3.8, 4) is 0 Å². The zero-order valence-corrected chi connectivity index (χ0v) is 9.42. The van der Waals surface area contributed by atoms with Crippen LogP contribution in [0.3, 0.4) is 0 Å². The monoisotopic (exact) mass is 278 g/mol. The minimum atomic E-state index is -5.00. The Hall–Kier alpha value is -0.170. The zero-order chi connectivity index (χ0) is 10.9. The Morgan fingerprint density at radius 2 is 1.86 bits per heavy atom. The van der Waals surface area contributed by atoms with Crippen molar-refractivity contribution in [2.24, 2.45) is 0 Å². The number of aromatic nitrogens is 2. The van der Waals surface area contributed by atoms with Gasteiger partial charge in [-0.3, -0.25) is 0 Å². The minimum Gasteiger partial charge on any atom is -0.206 e. The number of halogens is 4. The molecule has 0 aliphatic carbocycles. The van der Waals surface area contributed by atoms with Crippen molar-refractivity contribution in [1.29, 1.82) is 0 Å². The highest BCUT2D eigenvalue weighted by atomic mass is 35.5. The molecule has 1 aromatic rings. The van der Waals surface area contributed by atoms with Gasteiger partial charge in [-0.25, -0.2) is 9.97 Å². The third-order valence-corrected chi connectivity index (χ3v) is 2.80. The average molecular weight is 280 g/mol. The van der Waals surface area contributed by atoms with Crippen molar-refractivity contribution in [3.05, 3.63) is 16.0 Å². The van der Waals surface area contributed by atoms with E-state index in [1.807, 2.05) is 0 Å². The normalized spacial score (nSPS) is 11.7. The van der Waals surface area contributed by atoms with Crippen molar-refractivity contribution in [2.45, 2.75) is 10.9 Å². The van der Waals surface area contributed by atoms with E-state index in [0.29, 0.717) is 0 Å². The van der Waals surface area contributed by atoms with Crippen LogP contribution < -0.4 is 0 Å². The van der Waals surface area contributed by atoms with Crippen LogP contribution in [0.25, 0.3) is 0 Å². The molecular formula is C5H2Cl3FN2O2S. The van der Waals surface area contributed by atoms with Crippen LogP contribution in [0.2, 0.25) is 10.4 Å². The molecule has 1 aromatic heterocycles. The van der Waals surface area contributed by atoms with Gasteiger partial charge in [0.1, 0.15) is 5.15 Å². The molecule has 9 heteroatoms. The summed E-state index contributed by atoms with van der Waals surface area (Å²) < 4.78 is 33.8. The van der Waals surface area contributed by atoms with E-state index in [9.17, 15) is 12.3 Å². The maximum atomic E-state index is 12.6. The summed E-state index contributed by atoms with van der Waals surface area (Å²) in [6.07, 6.45) is 0. The molecule has 0 bridgehead atoms. The average Bonchev–Trinajstić information content (AvgIpc) is 2.01. The molecule has 78 valence electrons. The van der Waals surface area contributed by atoms with Gasteiger partial charge in [0.25, 0.3) is 0 Å². The standard InChI is InChI=1S/C5H2Cl3FN2O2S/c6-1-2-3(7)10-5(8)11-4(2)14(9,12)13/h1H2. The topological polar surface area (TPSA) is 59.9 Å². The van der Waals surface area contributed by atoms with Gasteiger partial charge in [-0.2, -0.15) is 8.42 Å². The maximum Gasteiger partial charge on any atom is 0.350 e. The first-order chi connectivity index (χ1) is 6.36. The van der Waals surface area contributed by atoms with Gasteiger partial charge >= 0.3 is 10.2 Å². The van der Waals surface area contributed by atoms with Gasteiger partial charge in [0, 0.05) is 5.56 Å². The molecule has 0 spiro atoms. The molecule has 0 fully saturated rings. The van der Waals surface area contributed by atoms with Crippen LogP contribution in [-0.4, -0.2) is 18.4 Å². The molecule has 0 saturated heterocycles. The van der Waals surface area contributed by atoms with E-state index in [1.54, 1.807) is 0 Å². The van der Waals surface area contributed by atoms with E-state index in [0.717, 1.165) is 0 Å². The number of hydrogen-bond donors (Lipinski definition) is 0. The lowest BCUT2D eigenvalue weighted by atomic mass is 10.4. The molecule has 0 aromatic carbocycles. The molecule has 0 radical (unpaired) electrons. The molecule has 0 atom stereocenters. The van der Waals surface area contributed by atoms with E-state index in [-0.39, 0.29) is 16.6 Å². The Morgan fingerprint density at radius 3 is 2.29 bits per heavy atom. The molecule has 1 rings (SSSR count). The summed E-state index contributed by atoms with van der Waals surface area (Å²) in [7, 11) is -5.00. The Kier molecular flexibility index (Phi) is 3.52. The predicted molar refractivity (Wildman–Crippen MR) is 49.9 cm³/mol. The lowest BCUT2D eigenvalue weighted by Crippen LogP contribution is -2.04. The number of alkyl halides is 1. The first-order valence-electron chi connectivity index (χ1n) is 3.08. The van der Waals surface area contributed by atoms with E-state index in [4.69, 9.17) is 34.8 Å². The van der Waals surface area contributed by atoms with Crippen LogP contribution in [-0.2, 0) is 16.1 Å². The van der Waals surface area contributed by atoms with Gasteiger partial charge in [-0.05, 0) is 11.6 Å². The molecule has 0 N–H and O–H groups in total. The molecule has 14 heavy (non-hydrogen) atoms. The van der Waals surface area contributed by atoms with Gasteiger partial charge in [-0.15, -0.1) is 11.6 Å². The molecule has 1 heterocycles. The Morgan fingerprint density at radius 1 is 1.29 bits per heavy atom. The first-order valence-corrected chi connectivity index (χ1v) is 5.76. The SMILES string of the molecule is O=S(=O)(F)c1nc(Cl)nc(Cl)c1CCl. The number of hydrogen-bond acceptors (Lipinski definition) is 4. The smallest absolute Gasteiger partial charge is 0.206 e. The lowest BCUT2D eigenvalue weighted by Gasteiger charge is -2.03. The molecule has 0 unspecified atom stereocenters. The Labute approximate surface area is 94.2 Å². The predicted octanol–water partition coefficient (Wildman–Crippen LogP) is 2.18. The van der Waals surface area contributed by atoms with Crippen LogP contribution in [0.4, 0.5) is 3.89 Å². The fourth-order valence-corrected chi connectivity index (χ4v) is 2.34. The molecule has 0 aliphatic heterocycles. The molecular weight excluding hydrogens is 277 g/mol. The van der Waals surface area contributed by atoms with Gasteiger partial charge in [0.05, 0.1) is 5.88 Å². The second-order valence-corrected chi connectivity index (χ2v) is 4.36. The summed E-state index contributed by atoms with van der Waals surface area (Å²) in [5.74, 6) is -0.325. The highest BCUT2D eigenvalue weighted by Gasteiger charge is 2.23. The molecule has 0 aliphatic rings. The quantitative estimate of drug-likeness (QED) is 0.360. The third kappa shape index (κ3) is 2.44. The largest absolute Gasteiger partial charge is 0.350 e. The first kappa shape index (κ1) is 11.9. The van der Waals surface area contributed by atoms with Crippen LogP contribution in [0.5, 0.6) is 0 Å². The van der Waals surface area contributed by atoms with E-state index in [2.05, 4.69) is 9.97 Å². The summed E-state index contributed by atoms with van der Waals surface area (Å²) in [5, 5.41) is -1.63. The van der Waals surface area contributed by atoms with Crippen molar-refractivity contribution >= 4 is 45.0 Å². The maximum absolute atomic E-state index is 12.6. The molecule has 0 amide bonds. The summed E-state index contributed by atoms with van der Waals surface area (Å²) in [6.45, 7) is 0. The van der Waals surface area contributed by atoms with E-state index in [1.165, 1.54) is 0 Å². The van der Waals surface area contributed by atoms with Crippen molar-refractivity contribution in [1.82, 2.24) is 9.97 Å². The van der Waals surface area contributed by atoms with E-state index < -0.39 is 20.5 Å². The fraction of sp³-hybridized carbons (Fsp3) is 0.200. The van der Waals surface area contributed by atoms with Gasteiger partial charge < -0.3 is 0 Å². The minimum absolute atomic E-state index is 0.208. The van der Waals surface area contributed by atoms with Crippen molar-refractivity contribution < 1.29 is 12.3 Å². The van der Waals surface area contributed by atoms with Crippen LogP contribution in [0, 0.1) is 0 Å². The lowest BCUT2D eigenvalue weighted by molar-refractivity contribution is 0.546. The number of rotatable bonds is 2. The van der Waals surface area contributed by atoms with Crippen molar-refractivity contribution in [2.75, 3.05) is 0 Å². The van der Waals surface area contributed by atoms with Crippen LogP contribution >= 0.6 is 34.8 Å². The van der Waals surface area contributed by atoms with Gasteiger partial charge in [0.15, 0.2) is 5.03 Å². The van der Waals surface area contributed by atoms with Gasteiger partial charge in [0.2, 0.25) is 5.28 Å². The Bertz CT molecular complexity index is 464. The Balaban J connectivity index is 3.56. The van der Waals surface area contributed by atoms with E-state index >= 15 is 0 Å². The third-order valence-electron chi connectivity index (χ3n) is 1.26. The summed E-state index contributed by atoms with van der Waals surface area (Å²) in [5.41, 5.74) is -0.208. The molecule has 0 saturated carbocycles. The summed E-state index contributed by atoms with van der Waals surface area (Å²) in [4.78, 5) is 6.62. The van der Waals surface area contributed by atoms with Crippen molar-refractivity contribution in [3.63, 3.8) is 0 Å². The zero-order valence-electron chi connectivity index (χ0n) is 6.34. The van der Waals surface area contributed by atoms with Crippen LogP contribution in [0.1, 0.15) is 5.56 Å².